The molecule has 4 nitrogen and oxygen atoms in total. The van der Waals surface area contributed by atoms with E-state index in [-0.39, 0.29) is 17.9 Å². The maximum Gasteiger partial charge on any atom is 0.253 e. The van der Waals surface area contributed by atoms with Gasteiger partial charge in [0.25, 0.3) is 5.91 Å². The van der Waals surface area contributed by atoms with Gasteiger partial charge >= 0.3 is 0 Å². The van der Waals surface area contributed by atoms with Gasteiger partial charge in [0.15, 0.2) is 0 Å². The summed E-state index contributed by atoms with van der Waals surface area (Å²) in [5, 5.41) is 9.91. The normalized spacial score (nSPS) is 21.0. The van der Waals surface area contributed by atoms with Crippen LogP contribution in [0.25, 0.3) is 11.1 Å². The van der Waals surface area contributed by atoms with Crippen LogP contribution >= 0.6 is 0 Å². The molecule has 0 bridgehead atoms. The first-order chi connectivity index (χ1) is 10.6. The molecule has 22 heavy (non-hydrogen) atoms. The van der Waals surface area contributed by atoms with E-state index in [9.17, 15) is 9.90 Å². The van der Waals surface area contributed by atoms with Crippen molar-refractivity contribution in [2.24, 2.45) is 5.92 Å². The first kappa shape index (κ1) is 14.9. The number of hydrogen-bond acceptors (Lipinski definition) is 3. The van der Waals surface area contributed by atoms with Gasteiger partial charge in [-0.25, -0.2) is 0 Å². The number of amides is 1. The molecule has 0 radical (unpaired) electrons. The SMILES string of the molecule is CN(CC1CCCC1O)C(=O)c1cccc(-c2ccoc2)c1. The Kier molecular flexibility index (Phi) is 4.29. The molecule has 0 spiro atoms. The van der Waals surface area contributed by atoms with Crippen molar-refractivity contribution in [2.75, 3.05) is 13.6 Å². The summed E-state index contributed by atoms with van der Waals surface area (Å²) in [4.78, 5) is 14.3. The van der Waals surface area contributed by atoms with Gasteiger partial charge in [-0.05, 0) is 36.6 Å². The van der Waals surface area contributed by atoms with Crippen molar-refractivity contribution < 1.29 is 14.3 Å². The number of hydrogen-bond donors (Lipinski definition) is 1. The molecule has 1 heterocycles. The third kappa shape index (κ3) is 3.07. The molecule has 1 saturated carbocycles. The monoisotopic (exact) mass is 299 g/mol. The zero-order valence-corrected chi connectivity index (χ0v) is 12.7. The second kappa shape index (κ2) is 6.36. The molecule has 116 valence electrons. The van der Waals surface area contributed by atoms with Gasteiger partial charge in [-0.2, -0.15) is 0 Å². The summed E-state index contributed by atoms with van der Waals surface area (Å²) in [5.74, 6) is 0.190. The van der Waals surface area contributed by atoms with E-state index in [2.05, 4.69) is 0 Å². The van der Waals surface area contributed by atoms with Crippen LogP contribution in [0.15, 0.2) is 47.3 Å². The highest BCUT2D eigenvalue weighted by atomic mass is 16.3. The molecular formula is C18H21NO3. The second-order valence-corrected chi connectivity index (χ2v) is 6.04. The minimum absolute atomic E-state index is 0.00977. The molecule has 1 aliphatic carbocycles. The average molecular weight is 299 g/mol. The van der Waals surface area contributed by atoms with Crippen molar-refractivity contribution in [1.82, 2.24) is 4.90 Å². The van der Waals surface area contributed by atoms with Crippen molar-refractivity contribution >= 4 is 5.91 Å². The minimum Gasteiger partial charge on any atom is -0.472 e. The Hall–Kier alpha value is -2.07. The Bertz CT molecular complexity index is 636. The summed E-state index contributed by atoms with van der Waals surface area (Å²) in [6.45, 7) is 0.607. The van der Waals surface area contributed by atoms with E-state index in [1.165, 1.54) is 0 Å². The van der Waals surface area contributed by atoms with Crippen LogP contribution in [-0.4, -0.2) is 35.6 Å². The number of carbonyl (C=O) groups excluding carboxylic acids is 1. The van der Waals surface area contributed by atoms with E-state index in [1.54, 1.807) is 24.5 Å². The summed E-state index contributed by atoms with van der Waals surface area (Å²) in [6, 6.07) is 9.43. The fourth-order valence-corrected chi connectivity index (χ4v) is 3.15. The summed E-state index contributed by atoms with van der Waals surface area (Å²) in [6.07, 6.45) is 5.91. The first-order valence-corrected chi connectivity index (χ1v) is 7.71. The summed E-state index contributed by atoms with van der Waals surface area (Å²) >= 11 is 0. The number of benzene rings is 1. The van der Waals surface area contributed by atoms with Gasteiger partial charge in [-0.15, -0.1) is 0 Å². The summed E-state index contributed by atoms with van der Waals surface area (Å²) < 4.78 is 5.09. The van der Waals surface area contributed by atoms with Crippen LogP contribution in [-0.2, 0) is 0 Å². The highest BCUT2D eigenvalue weighted by molar-refractivity contribution is 5.95. The lowest BCUT2D eigenvalue weighted by molar-refractivity contribution is 0.0693. The predicted molar refractivity (Wildman–Crippen MR) is 84.5 cm³/mol. The van der Waals surface area contributed by atoms with Crippen LogP contribution in [0.1, 0.15) is 29.6 Å². The Morgan fingerprint density at radius 2 is 2.18 bits per heavy atom. The van der Waals surface area contributed by atoms with E-state index in [0.29, 0.717) is 12.1 Å². The maximum absolute atomic E-state index is 12.6. The molecule has 0 saturated heterocycles. The minimum atomic E-state index is -0.271. The fraction of sp³-hybridized carbons (Fsp3) is 0.389. The van der Waals surface area contributed by atoms with Gasteiger partial charge in [-0.1, -0.05) is 18.6 Å². The Morgan fingerprint density at radius 1 is 1.32 bits per heavy atom. The summed E-state index contributed by atoms with van der Waals surface area (Å²) in [7, 11) is 1.80. The number of aliphatic hydroxyl groups excluding tert-OH is 1. The maximum atomic E-state index is 12.6. The molecule has 1 aromatic heterocycles. The molecule has 3 rings (SSSR count). The number of rotatable bonds is 4. The predicted octanol–water partition coefficient (Wildman–Crippen LogP) is 3.18. The van der Waals surface area contributed by atoms with Gasteiger partial charge in [0.05, 0.1) is 18.6 Å². The largest absolute Gasteiger partial charge is 0.472 e. The van der Waals surface area contributed by atoms with Crippen LogP contribution in [0.4, 0.5) is 0 Å². The molecule has 1 N–H and O–H groups in total. The smallest absolute Gasteiger partial charge is 0.253 e. The lowest BCUT2D eigenvalue weighted by Gasteiger charge is -2.23. The second-order valence-electron chi connectivity index (χ2n) is 6.04. The van der Waals surface area contributed by atoms with Gasteiger partial charge in [0.2, 0.25) is 0 Å². The first-order valence-electron chi connectivity index (χ1n) is 7.71. The van der Waals surface area contributed by atoms with Crippen molar-refractivity contribution in [3.05, 3.63) is 48.4 Å². The molecule has 1 amide bonds. The van der Waals surface area contributed by atoms with Gasteiger partial charge in [-0.3, -0.25) is 4.79 Å². The highest BCUT2D eigenvalue weighted by Crippen LogP contribution is 2.27. The standard InChI is InChI=1S/C18H21NO3/c1-19(11-15-6-3-7-17(15)20)18(21)14-5-2-4-13(10-14)16-8-9-22-12-16/h2,4-5,8-10,12,15,17,20H,3,6-7,11H2,1H3. The number of nitrogens with zero attached hydrogens (tertiary/aromatic N) is 1. The lowest BCUT2D eigenvalue weighted by atomic mass is 10.0. The van der Waals surface area contributed by atoms with Gasteiger partial charge in [0, 0.05) is 30.6 Å². The molecule has 1 aliphatic rings. The van der Waals surface area contributed by atoms with Gasteiger partial charge in [0.1, 0.15) is 0 Å². The van der Waals surface area contributed by atoms with Crippen LogP contribution < -0.4 is 0 Å². The Labute approximate surface area is 130 Å². The average Bonchev–Trinajstić information content (AvgIpc) is 3.19. The zero-order chi connectivity index (χ0) is 15.5. The zero-order valence-electron chi connectivity index (χ0n) is 12.7. The topological polar surface area (TPSA) is 53.7 Å². The third-order valence-corrected chi connectivity index (χ3v) is 4.44. The Morgan fingerprint density at radius 3 is 2.86 bits per heavy atom. The molecule has 1 fully saturated rings. The summed E-state index contributed by atoms with van der Waals surface area (Å²) in [5.41, 5.74) is 2.59. The van der Waals surface area contributed by atoms with Crippen LogP contribution in [0.2, 0.25) is 0 Å². The molecule has 2 atom stereocenters. The quantitative estimate of drug-likeness (QED) is 0.943. The molecule has 2 aromatic rings. The molecule has 0 aliphatic heterocycles. The third-order valence-electron chi connectivity index (χ3n) is 4.44. The molecule has 4 heteroatoms. The van der Waals surface area contributed by atoms with E-state index >= 15 is 0 Å². The van der Waals surface area contributed by atoms with Crippen LogP contribution in [0.3, 0.4) is 0 Å². The van der Waals surface area contributed by atoms with Crippen molar-refractivity contribution in [3.63, 3.8) is 0 Å². The highest BCUT2D eigenvalue weighted by Gasteiger charge is 2.27. The number of carbonyl (C=O) groups is 1. The number of furan rings is 1. The van der Waals surface area contributed by atoms with Crippen LogP contribution in [0, 0.1) is 5.92 Å². The number of aliphatic hydroxyl groups is 1. The molecular weight excluding hydrogens is 278 g/mol. The van der Waals surface area contributed by atoms with Crippen molar-refractivity contribution in [3.8, 4) is 11.1 Å². The van der Waals surface area contributed by atoms with E-state index < -0.39 is 0 Å². The fourth-order valence-electron chi connectivity index (χ4n) is 3.15. The lowest BCUT2D eigenvalue weighted by Crippen LogP contribution is -2.34. The van der Waals surface area contributed by atoms with Crippen molar-refractivity contribution in [1.29, 1.82) is 0 Å². The van der Waals surface area contributed by atoms with Crippen LogP contribution in [0.5, 0.6) is 0 Å². The molecule has 1 aromatic carbocycles. The van der Waals surface area contributed by atoms with E-state index in [0.717, 1.165) is 30.4 Å². The van der Waals surface area contributed by atoms with E-state index in [4.69, 9.17) is 4.42 Å². The molecule has 2 unspecified atom stereocenters. The van der Waals surface area contributed by atoms with E-state index in [1.807, 2.05) is 30.3 Å². The van der Waals surface area contributed by atoms with Gasteiger partial charge < -0.3 is 14.4 Å². The Balaban J connectivity index is 1.73. The van der Waals surface area contributed by atoms with Crippen molar-refractivity contribution in [2.45, 2.75) is 25.4 Å².